The van der Waals surface area contributed by atoms with Gasteiger partial charge in [0.05, 0.1) is 6.04 Å². The van der Waals surface area contributed by atoms with Crippen molar-refractivity contribution in [2.75, 3.05) is 14.0 Å². The van der Waals surface area contributed by atoms with E-state index < -0.39 is 42.8 Å². The second-order valence-electron chi connectivity index (χ2n) is 5.52. The Morgan fingerprint density at radius 3 is 2.27 bits per heavy atom. The number of hydroxylamine groups is 2. The molecule has 0 aromatic carbocycles. The highest BCUT2D eigenvalue weighted by molar-refractivity contribution is 6.02. The predicted octanol–water partition coefficient (Wildman–Crippen LogP) is -0.315. The predicted molar refractivity (Wildman–Crippen MR) is 77.1 cm³/mol. The molecule has 0 saturated carbocycles. The molecule has 1 aliphatic rings. The van der Waals surface area contributed by atoms with Gasteiger partial charge in [-0.05, 0) is 26.9 Å². The summed E-state index contributed by atoms with van der Waals surface area (Å²) in [4.78, 5) is 52.9. The van der Waals surface area contributed by atoms with Crippen molar-refractivity contribution in [3.8, 4) is 0 Å². The van der Waals surface area contributed by atoms with Crippen LogP contribution >= 0.6 is 0 Å². The number of hydrogen-bond acceptors (Lipinski definition) is 6. The number of imide groups is 1. The number of carbonyl (C=O) groups is 4. The fourth-order valence-corrected chi connectivity index (χ4v) is 2.11. The van der Waals surface area contributed by atoms with Crippen LogP contribution in [0.5, 0.6) is 0 Å². The molecule has 1 fully saturated rings. The maximum absolute atomic E-state index is 12.4. The van der Waals surface area contributed by atoms with Crippen LogP contribution in [0.2, 0.25) is 0 Å². The molecule has 124 valence electrons. The maximum atomic E-state index is 12.4. The van der Waals surface area contributed by atoms with Crippen LogP contribution in [0.1, 0.15) is 37.7 Å². The first-order valence-corrected chi connectivity index (χ1v) is 6.97. The van der Waals surface area contributed by atoms with Gasteiger partial charge >= 0.3 is 5.97 Å². The van der Waals surface area contributed by atoms with Gasteiger partial charge in [0.25, 0.3) is 11.8 Å². The van der Waals surface area contributed by atoms with Gasteiger partial charge in [-0.2, -0.15) is 0 Å². The minimum Gasteiger partial charge on any atom is -0.341 e. The van der Waals surface area contributed by atoms with Gasteiger partial charge < -0.3 is 10.2 Å². The van der Waals surface area contributed by atoms with Gasteiger partial charge in [0.15, 0.2) is 0 Å². The van der Waals surface area contributed by atoms with E-state index in [0.29, 0.717) is 5.06 Å². The first-order valence-electron chi connectivity index (χ1n) is 8.47. The number of rotatable bonds is 6. The van der Waals surface area contributed by atoms with Crippen molar-refractivity contribution in [3.05, 3.63) is 0 Å². The van der Waals surface area contributed by atoms with Crippen LogP contribution in [0.25, 0.3) is 0 Å². The molecule has 2 atom stereocenters. The SMILES string of the molecule is [2H]C([2H])([2H])[15N](C)C(C(C)C)[13C](=O)NC(C)C(=O)ON1C(=O)CCC1=O. The molecule has 22 heavy (non-hydrogen) atoms. The van der Waals surface area contributed by atoms with Gasteiger partial charge in [-0.3, -0.25) is 19.3 Å². The first-order chi connectivity index (χ1) is 11.4. The zero-order valence-electron chi connectivity index (χ0n) is 16.1. The monoisotopic (exact) mass is 318 g/mol. The quantitative estimate of drug-likeness (QED) is 0.410. The van der Waals surface area contributed by atoms with Crippen molar-refractivity contribution >= 4 is 23.7 Å². The first kappa shape index (κ1) is 13.7. The van der Waals surface area contributed by atoms with Crippen LogP contribution in [0.4, 0.5) is 0 Å². The normalized spacial score (nSPS) is 20.5. The zero-order valence-corrected chi connectivity index (χ0v) is 13.1. The van der Waals surface area contributed by atoms with E-state index in [-0.39, 0.29) is 18.8 Å². The molecule has 1 saturated heterocycles. The third-order valence-corrected chi connectivity index (χ3v) is 3.22. The summed E-state index contributed by atoms with van der Waals surface area (Å²) in [6.45, 7) is 2.19. The summed E-state index contributed by atoms with van der Waals surface area (Å²) in [5.41, 5.74) is 0. The molecule has 0 aromatic rings. The average Bonchev–Trinajstić information content (AvgIpc) is 2.77. The van der Waals surface area contributed by atoms with E-state index in [0.717, 1.165) is 4.90 Å². The number of nitrogens with zero attached hydrogens (tertiary/aromatic N) is 2. The lowest BCUT2D eigenvalue weighted by Crippen LogP contribution is -2.52. The lowest BCUT2D eigenvalue weighted by atomic mass is 10.1. The zero-order chi connectivity index (χ0) is 19.5. The molecule has 1 N–H and O–H groups in total. The summed E-state index contributed by atoms with van der Waals surface area (Å²) in [5, 5.41) is 2.75. The summed E-state index contributed by atoms with van der Waals surface area (Å²) in [5.74, 6) is -3.25. The largest absolute Gasteiger partial charge is 0.354 e. The van der Waals surface area contributed by atoms with Gasteiger partial charge in [-0.15, -0.1) is 5.06 Å². The summed E-state index contributed by atoms with van der Waals surface area (Å²) in [6.07, 6.45) is -0.0721. The van der Waals surface area contributed by atoms with Crippen LogP contribution in [0.3, 0.4) is 0 Å². The molecule has 1 rings (SSSR count). The smallest absolute Gasteiger partial charge is 0.341 e. The van der Waals surface area contributed by atoms with Crippen molar-refractivity contribution in [3.63, 3.8) is 0 Å². The molecular formula is C14H23N3O5. The van der Waals surface area contributed by atoms with E-state index in [2.05, 4.69) is 5.32 Å². The van der Waals surface area contributed by atoms with Crippen molar-refractivity contribution in [2.24, 2.45) is 5.92 Å². The Bertz CT molecular complexity index is 548. The topological polar surface area (TPSA) is 96.0 Å². The molecule has 8 heteroatoms. The van der Waals surface area contributed by atoms with Crippen LogP contribution in [-0.2, 0) is 24.0 Å². The highest BCUT2D eigenvalue weighted by Crippen LogP contribution is 2.13. The third kappa shape index (κ3) is 4.27. The molecule has 1 heterocycles. The summed E-state index contributed by atoms with van der Waals surface area (Å²) in [7, 11) is 1.29. The van der Waals surface area contributed by atoms with Gasteiger partial charge in [-0.1, -0.05) is 13.8 Å². The van der Waals surface area contributed by atoms with E-state index >= 15 is 0 Å². The number of nitrogens with one attached hydrogen (secondary N) is 1. The van der Waals surface area contributed by atoms with E-state index in [1.54, 1.807) is 13.8 Å². The molecule has 3 amide bonds. The standard InChI is InChI=1S/C14H23N3O5/c1-8(2)12(16(4)5)13(20)15-9(3)14(21)22-17-10(18)6-7-11(17)19/h8-9,12H,6-7H2,1-5H3,(H,15,20)/i4D3,13+1,16+1. The number of likely N-dealkylation sites (N-methyl/N-ethyl adjacent to an activating group) is 1. The van der Waals surface area contributed by atoms with Crippen molar-refractivity contribution in [2.45, 2.75) is 45.7 Å². The van der Waals surface area contributed by atoms with Gasteiger partial charge in [0.2, 0.25) is 5.91 Å². The Hall–Kier alpha value is -1.96. The summed E-state index contributed by atoms with van der Waals surface area (Å²) < 4.78 is 22.3. The Kier molecular flexibility index (Phi) is 4.57. The fourth-order valence-electron chi connectivity index (χ4n) is 2.11. The van der Waals surface area contributed by atoms with Gasteiger partial charge in [0, 0.05) is 17.0 Å². The second-order valence-corrected chi connectivity index (χ2v) is 5.52. The van der Waals surface area contributed by atoms with Crippen LogP contribution in [0.15, 0.2) is 0 Å². The van der Waals surface area contributed by atoms with E-state index in [1.165, 1.54) is 14.0 Å². The summed E-state index contributed by atoms with van der Waals surface area (Å²) in [6, 6.07) is -2.17. The molecular weight excluding hydrogens is 292 g/mol. The molecule has 1 aliphatic heterocycles. The average molecular weight is 318 g/mol. The molecule has 8 nitrogen and oxygen atoms in total. The number of carbonyl (C=O) groups excluding carboxylic acids is 4. The van der Waals surface area contributed by atoms with Crippen molar-refractivity contribution < 1.29 is 28.1 Å². The lowest BCUT2D eigenvalue weighted by Gasteiger charge is -2.28. The minimum absolute atomic E-state index is 0.0361. The lowest BCUT2D eigenvalue weighted by molar-refractivity contribution is -0.198. The van der Waals surface area contributed by atoms with Crippen LogP contribution in [0, 0.1) is 5.92 Å². The minimum atomic E-state index is -2.48. The fraction of sp³-hybridized carbons (Fsp3) is 0.714. The highest BCUT2D eigenvalue weighted by Gasteiger charge is 2.35. The van der Waals surface area contributed by atoms with Crippen molar-refractivity contribution in [1.29, 1.82) is 0 Å². The number of hydrogen-bond donors (Lipinski definition) is 1. The molecule has 0 spiro atoms. The van der Waals surface area contributed by atoms with E-state index in [9.17, 15) is 19.2 Å². The third-order valence-electron chi connectivity index (χ3n) is 3.22. The van der Waals surface area contributed by atoms with Gasteiger partial charge in [-0.25, -0.2) is 4.79 Å². The maximum Gasteiger partial charge on any atom is 0.354 e. The van der Waals surface area contributed by atoms with Crippen LogP contribution in [-0.4, -0.2) is 59.8 Å². The van der Waals surface area contributed by atoms with E-state index in [4.69, 9.17) is 8.95 Å². The second kappa shape index (κ2) is 7.35. The molecule has 0 aliphatic carbocycles. The van der Waals surface area contributed by atoms with E-state index in [1.807, 2.05) is 0 Å². The van der Waals surface area contributed by atoms with Crippen LogP contribution < -0.4 is 5.32 Å². The Labute approximate surface area is 133 Å². The molecule has 0 radical (unpaired) electrons. The summed E-state index contributed by atoms with van der Waals surface area (Å²) >= 11 is 0. The van der Waals surface area contributed by atoms with Crippen molar-refractivity contribution in [1.82, 2.24) is 15.3 Å². The molecule has 2 unspecified atom stereocenters. The number of amides is 3. The molecule has 0 bridgehead atoms. The Morgan fingerprint density at radius 1 is 1.27 bits per heavy atom. The highest BCUT2D eigenvalue weighted by atomic mass is 16.7. The Morgan fingerprint density at radius 2 is 1.82 bits per heavy atom. The Balaban J connectivity index is 2.74. The molecule has 0 aromatic heterocycles. The van der Waals surface area contributed by atoms with Gasteiger partial charge in [0.1, 0.15) is 6.04 Å².